The third kappa shape index (κ3) is 4.20. The van der Waals surface area contributed by atoms with Gasteiger partial charge >= 0.3 is 0 Å². The average molecular weight is 327 g/mol. The molecule has 1 fully saturated rings. The topological polar surface area (TPSA) is 61.7 Å². The molecule has 0 bridgehead atoms. The van der Waals surface area contributed by atoms with Crippen molar-refractivity contribution in [1.29, 1.82) is 0 Å². The second-order valence-corrected chi connectivity index (χ2v) is 6.55. The SMILES string of the molecule is COc1ccc(CCC2CCC(Cc3ccc(O)c(O)c3)N2)cc1. The van der Waals surface area contributed by atoms with Crippen molar-refractivity contribution in [2.45, 2.75) is 44.2 Å². The van der Waals surface area contributed by atoms with Crippen LogP contribution in [0.3, 0.4) is 0 Å². The number of hydrogen-bond donors (Lipinski definition) is 3. The Hall–Kier alpha value is -2.20. The van der Waals surface area contributed by atoms with Crippen LogP contribution in [-0.4, -0.2) is 29.4 Å². The van der Waals surface area contributed by atoms with Crippen molar-refractivity contribution in [2.75, 3.05) is 7.11 Å². The Balaban J connectivity index is 1.47. The van der Waals surface area contributed by atoms with Crippen molar-refractivity contribution in [1.82, 2.24) is 5.32 Å². The number of aryl methyl sites for hydroxylation is 1. The summed E-state index contributed by atoms with van der Waals surface area (Å²) in [7, 11) is 1.69. The predicted molar refractivity (Wildman–Crippen MR) is 94.7 cm³/mol. The smallest absolute Gasteiger partial charge is 0.157 e. The molecule has 3 rings (SSSR count). The first-order valence-corrected chi connectivity index (χ1v) is 8.54. The number of phenolic OH excluding ortho intramolecular Hbond substituents is 2. The molecule has 0 radical (unpaired) electrons. The van der Waals surface area contributed by atoms with E-state index in [1.54, 1.807) is 19.2 Å². The molecule has 0 aliphatic carbocycles. The number of ether oxygens (including phenoxy) is 1. The third-order valence-corrected chi connectivity index (χ3v) is 4.80. The maximum absolute atomic E-state index is 9.59. The fourth-order valence-corrected chi connectivity index (χ4v) is 3.40. The Morgan fingerprint density at radius 1 is 0.958 bits per heavy atom. The van der Waals surface area contributed by atoms with Gasteiger partial charge in [-0.15, -0.1) is 0 Å². The third-order valence-electron chi connectivity index (χ3n) is 4.80. The van der Waals surface area contributed by atoms with Gasteiger partial charge in [0.05, 0.1) is 7.11 Å². The van der Waals surface area contributed by atoms with Gasteiger partial charge in [0.25, 0.3) is 0 Å². The molecule has 2 atom stereocenters. The molecule has 4 heteroatoms. The second kappa shape index (κ2) is 7.58. The summed E-state index contributed by atoms with van der Waals surface area (Å²) in [6, 6.07) is 14.4. The number of nitrogens with one attached hydrogen (secondary N) is 1. The number of hydrogen-bond acceptors (Lipinski definition) is 4. The van der Waals surface area contributed by atoms with E-state index >= 15 is 0 Å². The van der Waals surface area contributed by atoms with E-state index in [0.717, 1.165) is 37.0 Å². The molecule has 0 saturated carbocycles. The van der Waals surface area contributed by atoms with Gasteiger partial charge in [-0.3, -0.25) is 0 Å². The molecule has 2 aromatic carbocycles. The zero-order chi connectivity index (χ0) is 16.9. The van der Waals surface area contributed by atoms with Gasteiger partial charge in [-0.05, 0) is 67.5 Å². The molecule has 2 aromatic rings. The molecule has 1 saturated heterocycles. The molecule has 0 spiro atoms. The fourth-order valence-electron chi connectivity index (χ4n) is 3.40. The lowest BCUT2D eigenvalue weighted by Crippen LogP contribution is -2.31. The molecule has 24 heavy (non-hydrogen) atoms. The van der Waals surface area contributed by atoms with Crippen LogP contribution in [-0.2, 0) is 12.8 Å². The van der Waals surface area contributed by atoms with Crippen LogP contribution in [0.25, 0.3) is 0 Å². The largest absolute Gasteiger partial charge is 0.504 e. The molecule has 2 unspecified atom stereocenters. The summed E-state index contributed by atoms with van der Waals surface area (Å²) in [5.41, 5.74) is 2.39. The molecule has 3 N–H and O–H groups in total. The average Bonchev–Trinajstić information content (AvgIpc) is 3.04. The first-order chi connectivity index (χ1) is 11.6. The van der Waals surface area contributed by atoms with Gasteiger partial charge in [-0.25, -0.2) is 0 Å². The lowest BCUT2D eigenvalue weighted by Gasteiger charge is -2.15. The van der Waals surface area contributed by atoms with E-state index in [-0.39, 0.29) is 11.5 Å². The molecule has 128 valence electrons. The molecule has 0 amide bonds. The Morgan fingerprint density at radius 2 is 1.67 bits per heavy atom. The van der Waals surface area contributed by atoms with Gasteiger partial charge < -0.3 is 20.3 Å². The molecule has 0 aromatic heterocycles. The Kier molecular flexibility index (Phi) is 5.26. The van der Waals surface area contributed by atoms with Crippen molar-refractivity contribution in [3.8, 4) is 17.2 Å². The van der Waals surface area contributed by atoms with Gasteiger partial charge in [-0.1, -0.05) is 18.2 Å². The zero-order valence-corrected chi connectivity index (χ0v) is 14.0. The predicted octanol–water partition coefficient (Wildman–Crippen LogP) is 3.40. The lowest BCUT2D eigenvalue weighted by atomic mass is 10.0. The van der Waals surface area contributed by atoms with Gasteiger partial charge in [0, 0.05) is 12.1 Å². The summed E-state index contributed by atoms with van der Waals surface area (Å²) < 4.78 is 5.19. The number of benzene rings is 2. The minimum atomic E-state index is -0.0597. The minimum Gasteiger partial charge on any atom is -0.504 e. The van der Waals surface area contributed by atoms with E-state index in [9.17, 15) is 10.2 Å². The Labute approximate surface area is 143 Å². The molecular formula is C20H25NO3. The van der Waals surface area contributed by atoms with Crippen LogP contribution in [0.5, 0.6) is 17.2 Å². The van der Waals surface area contributed by atoms with Crippen LogP contribution in [0, 0.1) is 0 Å². The number of methoxy groups -OCH3 is 1. The van der Waals surface area contributed by atoms with Crippen molar-refractivity contribution >= 4 is 0 Å². The van der Waals surface area contributed by atoms with Crippen LogP contribution >= 0.6 is 0 Å². The Morgan fingerprint density at radius 3 is 2.38 bits per heavy atom. The first-order valence-electron chi connectivity index (χ1n) is 8.54. The van der Waals surface area contributed by atoms with Crippen molar-refractivity contribution in [3.63, 3.8) is 0 Å². The van der Waals surface area contributed by atoms with Crippen molar-refractivity contribution in [3.05, 3.63) is 53.6 Å². The molecule has 4 nitrogen and oxygen atoms in total. The van der Waals surface area contributed by atoms with E-state index in [1.807, 2.05) is 18.2 Å². The lowest BCUT2D eigenvalue weighted by molar-refractivity contribution is 0.402. The number of rotatable bonds is 6. The van der Waals surface area contributed by atoms with Gasteiger partial charge in [0.15, 0.2) is 11.5 Å². The number of aromatic hydroxyl groups is 2. The summed E-state index contributed by atoms with van der Waals surface area (Å²) in [4.78, 5) is 0. The highest BCUT2D eigenvalue weighted by Gasteiger charge is 2.23. The first kappa shape index (κ1) is 16.7. The summed E-state index contributed by atoms with van der Waals surface area (Å²) in [6.45, 7) is 0. The van der Waals surface area contributed by atoms with Crippen molar-refractivity contribution < 1.29 is 14.9 Å². The summed E-state index contributed by atoms with van der Waals surface area (Å²) in [6.07, 6.45) is 5.41. The van der Waals surface area contributed by atoms with E-state index < -0.39 is 0 Å². The van der Waals surface area contributed by atoms with Gasteiger partial charge in [-0.2, -0.15) is 0 Å². The molecule has 1 heterocycles. The maximum atomic E-state index is 9.59. The van der Waals surface area contributed by atoms with E-state index in [0.29, 0.717) is 12.1 Å². The van der Waals surface area contributed by atoms with E-state index in [4.69, 9.17) is 4.74 Å². The monoisotopic (exact) mass is 327 g/mol. The zero-order valence-electron chi connectivity index (χ0n) is 14.0. The normalized spacial score (nSPS) is 20.2. The number of phenols is 2. The Bertz CT molecular complexity index is 669. The summed E-state index contributed by atoms with van der Waals surface area (Å²) in [5.74, 6) is 0.798. The van der Waals surface area contributed by atoms with Crippen LogP contribution in [0.2, 0.25) is 0 Å². The summed E-state index contributed by atoms with van der Waals surface area (Å²) in [5, 5.41) is 22.7. The highest BCUT2D eigenvalue weighted by Crippen LogP contribution is 2.27. The minimum absolute atomic E-state index is 0.0402. The van der Waals surface area contributed by atoms with Crippen molar-refractivity contribution in [2.24, 2.45) is 0 Å². The van der Waals surface area contributed by atoms with Crippen LogP contribution in [0.4, 0.5) is 0 Å². The van der Waals surface area contributed by atoms with Crippen LogP contribution < -0.4 is 10.1 Å². The maximum Gasteiger partial charge on any atom is 0.157 e. The molecule has 1 aliphatic heterocycles. The standard InChI is InChI=1S/C20H25NO3/c1-24-18-9-3-14(4-10-18)2-6-16-7-8-17(21-16)12-15-5-11-19(22)20(23)13-15/h3-5,9-11,13,16-17,21-23H,2,6-8,12H2,1H3. The molecular weight excluding hydrogens is 302 g/mol. The fraction of sp³-hybridized carbons (Fsp3) is 0.400. The van der Waals surface area contributed by atoms with E-state index in [1.165, 1.54) is 12.0 Å². The van der Waals surface area contributed by atoms with Gasteiger partial charge in [0.1, 0.15) is 5.75 Å². The quantitative estimate of drug-likeness (QED) is 0.712. The highest BCUT2D eigenvalue weighted by atomic mass is 16.5. The highest BCUT2D eigenvalue weighted by molar-refractivity contribution is 5.40. The van der Waals surface area contributed by atoms with Crippen LogP contribution in [0.1, 0.15) is 30.4 Å². The second-order valence-electron chi connectivity index (χ2n) is 6.55. The molecule has 1 aliphatic rings. The van der Waals surface area contributed by atoms with Crippen LogP contribution in [0.15, 0.2) is 42.5 Å². The van der Waals surface area contributed by atoms with Gasteiger partial charge in [0.2, 0.25) is 0 Å². The summed E-state index contributed by atoms with van der Waals surface area (Å²) >= 11 is 0. The van der Waals surface area contributed by atoms with E-state index in [2.05, 4.69) is 17.4 Å².